The van der Waals surface area contributed by atoms with E-state index in [1.54, 1.807) is 4.68 Å². The molecule has 0 atom stereocenters. The number of aromatic nitrogens is 3. The Labute approximate surface area is 99.4 Å². The maximum atomic E-state index is 4.19. The summed E-state index contributed by atoms with van der Waals surface area (Å²) in [4.78, 5) is 0. The molecule has 0 bridgehead atoms. The largest absolute Gasteiger partial charge is 0.255 e. The van der Waals surface area contributed by atoms with Crippen LogP contribution < -0.4 is 0 Å². The molecule has 0 unspecified atom stereocenters. The zero-order chi connectivity index (χ0) is 10.7. The average Bonchev–Trinajstić information content (AvgIpc) is 2.65. The Kier molecular flexibility index (Phi) is 3.44. The molecule has 1 saturated carbocycles. The fraction of sp³-hybridized carbons (Fsp3) is 0.818. The average molecular weight is 272 g/mol. The molecule has 15 heavy (non-hydrogen) atoms. The fourth-order valence-corrected chi connectivity index (χ4v) is 3.28. The Bertz CT molecular complexity index is 315. The van der Waals surface area contributed by atoms with Gasteiger partial charge in [0.2, 0.25) is 0 Å². The van der Waals surface area contributed by atoms with Crippen LogP contribution in [0.4, 0.5) is 0 Å². The zero-order valence-electron chi connectivity index (χ0n) is 9.25. The van der Waals surface area contributed by atoms with Gasteiger partial charge in [0.1, 0.15) is 0 Å². The molecule has 0 radical (unpaired) electrons. The molecule has 0 saturated heterocycles. The summed E-state index contributed by atoms with van der Waals surface area (Å²) in [6.45, 7) is 0. The molecule has 1 aliphatic rings. The maximum absolute atomic E-state index is 4.19. The molecule has 4 heteroatoms. The Morgan fingerprint density at radius 1 is 1.40 bits per heavy atom. The number of nitrogens with zero attached hydrogens (tertiary/aromatic N) is 3. The van der Waals surface area contributed by atoms with Crippen LogP contribution in [0.1, 0.15) is 37.8 Å². The van der Waals surface area contributed by atoms with Gasteiger partial charge in [0.05, 0.1) is 5.69 Å². The number of hydrogen-bond donors (Lipinski definition) is 0. The zero-order valence-corrected chi connectivity index (χ0v) is 10.8. The number of aryl methyl sites for hydroxylation is 1. The van der Waals surface area contributed by atoms with Gasteiger partial charge in [-0.3, -0.25) is 4.68 Å². The van der Waals surface area contributed by atoms with E-state index in [1.165, 1.54) is 32.1 Å². The molecule has 0 aliphatic heterocycles. The number of rotatable bonds is 3. The first-order valence-corrected chi connectivity index (χ1v) is 6.77. The molecule has 3 nitrogen and oxygen atoms in total. The Morgan fingerprint density at radius 2 is 2.13 bits per heavy atom. The van der Waals surface area contributed by atoms with Crippen LogP contribution in [-0.2, 0) is 13.5 Å². The molecule has 1 fully saturated rings. The molecule has 2 rings (SSSR count). The third-order valence-electron chi connectivity index (χ3n) is 3.40. The summed E-state index contributed by atoms with van der Waals surface area (Å²) < 4.78 is 1.79. The van der Waals surface area contributed by atoms with Gasteiger partial charge in [-0.25, -0.2) is 0 Å². The SMILES string of the molecule is Cn1cc(CC2(CBr)CCCCC2)nn1. The summed E-state index contributed by atoms with van der Waals surface area (Å²) >= 11 is 3.68. The summed E-state index contributed by atoms with van der Waals surface area (Å²) in [6, 6.07) is 0. The monoisotopic (exact) mass is 271 g/mol. The highest BCUT2D eigenvalue weighted by Crippen LogP contribution is 2.40. The molecule has 0 spiro atoms. The van der Waals surface area contributed by atoms with E-state index in [2.05, 4.69) is 26.2 Å². The molecule has 0 aromatic carbocycles. The Morgan fingerprint density at radius 3 is 2.67 bits per heavy atom. The third kappa shape index (κ3) is 2.60. The van der Waals surface area contributed by atoms with E-state index in [0.29, 0.717) is 5.41 Å². The highest BCUT2D eigenvalue weighted by Gasteiger charge is 2.31. The Balaban J connectivity index is 2.06. The van der Waals surface area contributed by atoms with Gasteiger partial charge in [-0.05, 0) is 24.7 Å². The maximum Gasteiger partial charge on any atom is 0.0832 e. The van der Waals surface area contributed by atoms with Gasteiger partial charge in [0, 0.05) is 18.6 Å². The number of alkyl halides is 1. The van der Waals surface area contributed by atoms with Crippen molar-refractivity contribution in [1.82, 2.24) is 15.0 Å². The predicted molar refractivity (Wildman–Crippen MR) is 64.0 cm³/mol. The normalized spacial score (nSPS) is 20.4. The molecule has 1 aromatic rings. The predicted octanol–water partition coefficient (Wildman–Crippen LogP) is 2.70. The van der Waals surface area contributed by atoms with Crippen LogP contribution in [0.5, 0.6) is 0 Å². The first kappa shape index (κ1) is 11.1. The third-order valence-corrected chi connectivity index (χ3v) is 4.59. The van der Waals surface area contributed by atoms with Crippen LogP contribution in [0.2, 0.25) is 0 Å². The molecule has 1 aliphatic carbocycles. The van der Waals surface area contributed by atoms with Crippen LogP contribution in [0.3, 0.4) is 0 Å². The van der Waals surface area contributed by atoms with Crippen LogP contribution in [0.25, 0.3) is 0 Å². The molecule has 1 heterocycles. The van der Waals surface area contributed by atoms with Crippen molar-refractivity contribution in [2.24, 2.45) is 12.5 Å². The second-order valence-electron chi connectivity index (χ2n) is 4.75. The summed E-state index contributed by atoms with van der Waals surface area (Å²) in [5.74, 6) is 0. The van der Waals surface area contributed by atoms with Crippen LogP contribution in [-0.4, -0.2) is 20.3 Å². The van der Waals surface area contributed by atoms with Crippen LogP contribution in [0.15, 0.2) is 6.20 Å². The lowest BCUT2D eigenvalue weighted by molar-refractivity contribution is 0.221. The number of hydrogen-bond acceptors (Lipinski definition) is 2. The lowest BCUT2D eigenvalue weighted by atomic mass is 9.73. The minimum Gasteiger partial charge on any atom is -0.255 e. The number of halogens is 1. The molecule has 0 amide bonds. The van der Waals surface area contributed by atoms with Gasteiger partial charge in [-0.1, -0.05) is 40.4 Å². The highest BCUT2D eigenvalue weighted by molar-refractivity contribution is 9.09. The lowest BCUT2D eigenvalue weighted by Crippen LogP contribution is -2.28. The topological polar surface area (TPSA) is 30.7 Å². The summed E-state index contributed by atoms with van der Waals surface area (Å²) in [5, 5.41) is 9.29. The summed E-state index contributed by atoms with van der Waals surface area (Å²) in [6.07, 6.45) is 9.90. The first-order chi connectivity index (χ1) is 7.24. The van der Waals surface area contributed by atoms with E-state index in [1.807, 2.05) is 13.2 Å². The van der Waals surface area contributed by atoms with Crippen molar-refractivity contribution in [1.29, 1.82) is 0 Å². The van der Waals surface area contributed by atoms with E-state index in [4.69, 9.17) is 0 Å². The van der Waals surface area contributed by atoms with Gasteiger partial charge in [-0.15, -0.1) is 5.10 Å². The van der Waals surface area contributed by atoms with Crippen molar-refractivity contribution in [3.8, 4) is 0 Å². The van der Waals surface area contributed by atoms with Gasteiger partial charge in [0.15, 0.2) is 0 Å². The van der Waals surface area contributed by atoms with Crippen molar-refractivity contribution < 1.29 is 0 Å². The van der Waals surface area contributed by atoms with E-state index >= 15 is 0 Å². The quantitative estimate of drug-likeness (QED) is 0.792. The molecule has 0 N–H and O–H groups in total. The lowest BCUT2D eigenvalue weighted by Gasteiger charge is -2.35. The van der Waals surface area contributed by atoms with Gasteiger partial charge >= 0.3 is 0 Å². The van der Waals surface area contributed by atoms with Gasteiger partial charge in [0.25, 0.3) is 0 Å². The second-order valence-corrected chi connectivity index (χ2v) is 5.32. The fourth-order valence-electron chi connectivity index (χ4n) is 2.52. The van der Waals surface area contributed by atoms with Crippen molar-refractivity contribution in [2.75, 3.05) is 5.33 Å². The van der Waals surface area contributed by atoms with Crippen molar-refractivity contribution in [2.45, 2.75) is 38.5 Å². The minimum absolute atomic E-state index is 0.439. The van der Waals surface area contributed by atoms with Gasteiger partial charge in [-0.2, -0.15) is 0 Å². The molecular weight excluding hydrogens is 254 g/mol. The Hall–Kier alpha value is -0.380. The molecular formula is C11H18BrN3. The van der Waals surface area contributed by atoms with E-state index in [-0.39, 0.29) is 0 Å². The summed E-state index contributed by atoms with van der Waals surface area (Å²) in [5.41, 5.74) is 1.58. The minimum atomic E-state index is 0.439. The van der Waals surface area contributed by atoms with Crippen LogP contribution >= 0.6 is 15.9 Å². The van der Waals surface area contributed by atoms with E-state index < -0.39 is 0 Å². The van der Waals surface area contributed by atoms with E-state index in [0.717, 1.165) is 17.4 Å². The smallest absolute Gasteiger partial charge is 0.0832 e. The van der Waals surface area contributed by atoms with Gasteiger partial charge < -0.3 is 0 Å². The van der Waals surface area contributed by atoms with Crippen molar-refractivity contribution in [3.63, 3.8) is 0 Å². The summed E-state index contributed by atoms with van der Waals surface area (Å²) in [7, 11) is 1.93. The van der Waals surface area contributed by atoms with Crippen LogP contribution in [0, 0.1) is 5.41 Å². The molecule has 84 valence electrons. The first-order valence-electron chi connectivity index (χ1n) is 5.65. The van der Waals surface area contributed by atoms with E-state index in [9.17, 15) is 0 Å². The standard InChI is InChI=1S/C11H18BrN3/c1-15-8-10(13-14-15)7-11(9-12)5-3-2-4-6-11/h8H,2-7,9H2,1H3. The highest BCUT2D eigenvalue weighted by atomic mass is 79.9. The van der Waals surface area contributed by atoms with Crippen molar-refractivity contribution >= 4 is 15.9 Å². The second kappa shape index (κ2) is 4.64. The van der Waals surface area contributed by atoms with Crippen molar-refractivity contribution in [3.05, 3.63) is 11.9 Å². The molecule has 1 aromatic heterocycles.